The van der Waals surface area contributed by atoms with Crippen LogP contribution in [0.1, 0.15) is 13.8 Å². The molecule has 0 amide bonds. The molecule has 244 valence electrons. The molecule has 0 unspecified atom stereocenters. The number of phenols is 3. The van der Waals surface area contributed by atoms with Crippen molar-refractivity contribution in [2.24, 2.45) is 0 Å². The highest BCUT2D eigenvalue weighted by atomic mass is 16.7. The molecule has 16 heteroatoms. The Bertz CT molecular complexity index is 1590. The number of aliphatic hydroxyl groups excluding tert-OH is 5. The van der Waals surface area contributed by atoms with Crippen molar-refractivity contribution < 1.29 is 73.7 Å². The number of aromatic hydroxyl groups is 3. The van der Waals surface area contributed by atoms with Crippen molar-refractivity contribution in [2.75, 3.05) is 6.61 Å². The Morgan fingerprint density at radius 2 is 1.58 bits per heavy atom. The average molecular weight is 637 g/mol. The first-order valence-corrected chi connectivity index (χ1v) is 13.8. The highest BCUT2D eigenvalue weighted by Gasteiger charge is 2.52. The summed E-state index contributed by atoms with van der Waals surface area (Å²) in [6, 6.07) is 7.29. The van der Waals surface area contributed by atoms with Gasteiger partial charge in [0.1, 0.15) is 77.6 Å². The summed E-state index contributed by atoms with van der Waals surface area (Å²) < 4.78 is 33.5. The predicted octanol–water partition coefficient (Wildman–Crippen LogP) is -0.822. The minimum absolute atomic E-state index is 0.114. The van der Waals surface area contributed by atoms with E-state index >= 15 is 0 Å². The van der Waals surface area contributed by atoms with Crippen molar-refractivity contribution in [3.63, 3.8) is 0 Å². The Labute approximate surface area is 253 Å². The van der Waals surface area contributed by atoms with Crippen LogP contribution < -0.4 is 10.2 Å². The third-order valence-electron chi connectivity index (χ3n) is 7.40. The van der Waals surface area contributed by atoms with Gasteiger partial charge in [0.15, 0.2) is 12.1 Å². The summed E-state index contributed by atoms with van der Waals surface area (Å²) in [5.74, 6) is -2.80. The summed E-state index contributed by atoms with van der Waals surface area (Å²) >= 11 is 0. The fraction of sp³-hybridized carbons (Fsp3) is 0.448. The molecule has 3 aromatic rings. The molecule has 45 heavy (non-hydrogen) atoms. The molecule has 3 heterocycles. The van der Waals surface area contributed by atoms with Gasteiger partial charge < -0.3 is 69.0 Å². The Morgan fingerprint density at radius 3 is 2.20 bits per heavy atom. The summed E-state index contributed by atoms with van der Waals surface area (Å²) in [5.41, 5.74) is -1.00. The van der Waals surface area contributed by atoms with Crippen LogP contribution in [0.4, 0.5) is 0 Å². The lowest BCUT2D eigenvalue weighted by atomic mass is 9.98. The van der Waals surface area contributed by atoms with Crippen molar-refractivity contribution in [3.8, 4) is 34.3 Å². The molecule has 2 fully saturated rings. The Morgan fingerprint density at radius 1 is 0.911 bits per heavy atom. The Kier molecular flexibility index (Phi) is 9.20. The first kappa shape index (κ1) is 32.4. The quantitative estimate of drug-likeness (QED) is 0.141. The number of fused-ring (bicyclic) bond motifs is 1. The standard InChI is InChI=1S/C29H32O16/c1-10(30)24-20(36)22(38)29(43-24)44-26-17(9-40-11(2)31)42-28(23(39)21(26)37)45-27-19(35)18-15(34)7-14(33)8-16(18)41-25(27)12-3-5-13(32)6-4-12/h3-8,10,17,20-24,26,28-30,32-34,36-39H,9H2,1-2H3/t10-,17+,20-,21+,22+,23+,24-,26+,28-,29-/m0/s1. The van der Waals surface area contributed by atoms with Crippen molar-refractivity contribution in [1.82, 2.24) is 0 Å². The monoisotopic (exact) mass is 636 g/mol. The number of aliphatic hydroxyl groups is 5. The number of carbonyl (C=O) groups excluding carboxylic acids is 1. The van der Waals surface area contributed by atoms with E-state index in [0.29, 0.717) is 0 Å². The summed E-state index contributed by atoms with van der Waals surface area (Å²) in [6.07, 6.45) is -16.1. The van der Waals surface area contributed by atoms with Gasteiger partial charge in [0.25, 0.3) is 0 Å². The summed E-state index contributed by atoms with van der Waals surface area (Å²) in [7, 11) is 0. The van der Waals surface area contributed by atoms with Crippen LogP contribution in [0.5, 0.6) is 23.0 Å². The lowest BCUT2D eigenvalue weighted by Gasteiger charge is -2.42. The number of hydrogen-bond donors (Lipinski definition) is 8. The lowest BCUT2D eigenvalue weighted by Crippen LogP contribution is -2.62. The maximum Gasteiger partial charge on any atom is 0.302 e. The molecule has 2 aliphatic heterocycles. The van der Waals surface area contributed by atoms with Crippen LogP contribution in [0, 0.1) is 0 Å². The van der Waals surface area contributed by atoms with Gasteiger partial charge in [-0.2, -0.15) is 0 Å². The zero-order valence-corrected chi connectivity index (χ0v) is 23.8. The third-order valence-corrected chi connectivity index (χ3v) is 7.40. The van der Waals surface area contributed by atoms with Crippen molar-refractivity contribution >= 4 is 16.9 Å². The van der Waals surface area contributed by atoms with Crippen molar-refractivity contribution in [3.05, 3.63) is 46.6 Å². The number of hydrogen-bond acceptors (Lipinski definition) is 16. The first-order chi connectivity index (χ1) is 21.3. The van der Waals surface area contributed by atoms with E-state index in [4.69, 9.17) is 28.1 Å². The molecule has 10 atom stereocenters. The Hall–Kier alpha value is -4.00. The molecule has 0 aliphatic carbocycles. The van der Waals surface area contributed by atoms with E-state index in [0.717, 1.165) is 19.1 Å². The fourth-order valence-electron chi connectivity index (χ4n) is 5.14. The molecule has 0 bridgehead atoms. The molecule has 0 radical (unpaired) electrons. The molecule has 1 aromatic heterocycles. The maximum absolute atomic E-state index is 13.7. The highest BCUT2D eigenvalue weighted by molar-refractivity contribution is 5.88. The van der Waals surface area contributed by atoms with Gasteiger partial charge in [-0.3, -0.25) is 9.59 Å². The summed E-state index contributed by atoms with van der Waals surface area (Å²) in [6.45, 7) is 1.83. The van der Waals surface area contributed by atoms with E-state index in [1.54, 1.807) is 0 Å². The molecule has 2 saturated heterocycles. The predicted molar refractivity (Wildman–Crippen MR) is 148 cm³/mol. The molecule has 8 N–H and O–H groups in total. The molecular formula is C29H32O16. The molecular weight excluding hydrogens is 604 g/mol. The van der Waals surface area contributed by atoms with Gasteiger partial charge in [-0.25, -0.2) is 0 Å². The van der Waals surface area contributed by atoms with Crippen LogP contribution in [0.2, 0.25) is 0 Å². The Balaban J connectivity index is 1.51. The fourth-order valence-corrected chi connectivity index (χ4v) is 5.14. The number of phenolic OH excluding ortho intramolecular Hbond substituents is 3. The van der Waals surface area contributed by atoms with Gasteiger partial charge in [0, 0.05) is 24.6 Å². The smallest absolute Gasteiger partial charge is 0.302 e. The second-order valence-electron chi connectivity index (χ2n) is 10.7. The summed E-state index contributed by atoms with van der Waals surface area (Å²) in [4.78, 5) is 25.3. The summed E-state index contributed by atoms with van der Waals surface area (Å²) in [5, 5.41) is 82.4. The third kappa shape index (κ3) is 6.40. The van der Waals surface area contributed by atoms with Gasteiger partial charge in [0.05, 0.1) is 6.10 Å². The maximum atomic E-state index is 13.7. The van der Waals surface area contributed by atoms with E-state index in [1.807, 2.05) is 0 Å². The van der Waals surface area contributed by atoms with E-state index in [9.17, 15) is 50.4 Å². The van der Waals surface area contributed by atoms with Gasteiger partial charge in [-0.15, -0.1) is 0 Å². The molecule has 5 rings (SSSR count). The van der Waals surface area contributed by atoms with Crippen molar-refractivity contribution in [2.45, 2.75) is 75.3 Å². The van der Waals surface area contributed by atoms with Crippen LogP contribution in [-0.2, 0) is 23.7 Å². The van der Waals surface area contributed by atoms with Gasteiger partial charge >= 0.3 is 5.97 Å². The number of esters is 1. The van der Waals surface area contributed by atoms with Crippen LogP contribution in [0.3, 0.4) is 0 Å². The van der Waals surface area contributed by atoms with Crippen molar-refractivity contribution in [1.29, 1.82) is 0 Å². The number of ether oxygens (including phenoxy) is 5. The van der Waals surface area contributed by atoms with Gasteiger partial charge in [-0.1, -0.05) is 0 Å². The van der Waals surface area contributed by atoms with E-state index in [-0.39, 0.29) is 22.7 Å². The second-order valence-corrected chi connectivity index (χ2v) is 10.7. The zero-order valence-electron chi connectivity index (χ0n) is 23.8. The topological polar surface area (TPSA) is 255 Å². The SMILES string of the molecule is CC(=O)OC[C@H]1O[C@@H](Oc2c(-c3ccc(O)cc3)oc3cc(O)cc(O)c3c2=O)[C@H](O)[C@@H](O)[C@@H]1O[C@@H]1O[C@@H]([C@H](C)O)[C@@H](O)[C@H]1O. The van der Waals surface area contributed by atoms with Crippen LogP contribution >= 0.6 is 0 Å². The average Bonchev–Trinajstić information content (AvgIpc) is 3.26. The minimum atomic E-state index is -1.98. The van der Waals surface area contributed by atoms with E-state index in [2.05, 4.69) is 0 Å². The van der Waals surface area contributed by atoms with Crippen LogP contribution in [0.15, 0.2) is 45.6 Å². The normalized spacial score (nSPS) is 30.7. The largest absolute Gasteiger partial charge is 0.508 e. The second kappa shape index (κ2) is 12.8. The molecule has 0 spiro atoms. The molecule has 0 saturated carbocycles. The highest BCUT2D eigenvalue weighted by Crippen LogP contribution is 2.38. The number of carbonyl (C=O) groups is 1. The van der Waals surface area contributed by atoms with Gasteiger partial charge in [-0.05, 0) is 31.2 Å². The van der Waals surface area contributed by atoms with E-state index in [1.165, 1.54) is 31.2 Å². The van der Waals surface area contributed by atoms with E-state index < -0.39 is 102 Å². The molecule has 2 aromatic carbocycles. The van der Waals surface area contributed by atoms with Gasteiger partial charge in [0.2, 0.25) is 17.5 Å². The van der Waals surface area contributed by atoms with Crippen LogP contribution in [-0.4, -0.2) is 115 Å². The minimum Gasteiger partial charge on any atom is -0.508 e. The number of benzene rings is 2. The molecule has 2 aliphatic rings. The number of rotatable bonds is 8. The van der Waals surface area contributed by atoms with Crippen LogP contribution in [0.25, 0.3) is 22.3 Å². The lowest BCUT2D eigenvalue weighted by molar-refractivity contribution is -0.316. The zero-order chi connectivity index (χ0) is 32.7. The molecule has 16 nitrogen and oxygen atoms in total. The first-order valence-electron chi connectivity index (χ1n) is 13.8.